The highest BCUT2D eigenvalue weighted by Crippen LogP contribution is 2.05. The van der Waals surface area contributed by atoms with Gasteiger partial charge >= 0.3 is 5.91 Å². The zero-order valence-corrected chi connectivity index (χ0v) is 7.93. The average Bonchev–Trinajstić information content (AvgIpc) is 2.04. The van der Waals surface area contributed by atoms with Crippen LogP contribution in [0.5, 0.6) is 0 Å². The molecule has 1 N–H and O–H groups in total. The third kappa shape index (κ3) is 3.22. The molecule has 0 aliphatic heterocycles. The van der Waals surface area contributed by atoms with Crippen molar-refractivity contribution in [1.82, 2.24) is 4.98 Å². The number of amides is 1. The molecule has 0 bridgehead atoms. The number of hydrogen-bond acceptors (Lipinski definition) is 2. The van der Waals surface area contributed by atoms with E-state index in [9.17, 15) is 9.18 Å². The quantitative estimate of drug-likeness (QED) is 0.759. The fraction of sp³-hybridized carbons (Fsp3) is 0. The Morgan fingerprint density at radius 3 is 3.00 bits per heavy atom. The van der Waals surface area contributed by atoms with Crippen LogP contribution >= 0.6 is 15.9 Å². The van der Waals surface area contributed by atoms with E-state index in [0.717, 1.165) is 12.3 Å². The van der Waals surface area contributed by atoms with E-state index in [0.29, 0.717) is 0 Å². The molecule has 13 heavy (non-hydrogen) atoms. The molecule has 5 heteroatoms. The molecule has 0 aliphatic carbocycles. The van der Waals surface area contributed by atoms with Crippen molar-refractivity contribution in [2.75, 3.05) is 5.32 Å². The van der Waals surface area contributed by atoms with E-state index in [2.05, 4.69) is 37.0 Å². The number of rotatable bonds is 1. The maximum Gasteiger partial charge on any atom is 0.301 e. The average molecular weight is 243 g/mol. The number of aromatic nitrogens is 1. The number of carbonyl (C=O) groups is 1. The Hall–Kier alpha value is -1.41. The third-order valence-electron chi connectivity index (χ3n) is 1.12. The SMILES string of the molecule is O=C(C#CBr)Nc1cncc(F)c1. The van der Waals surface area contributed by atoms with Crippen LogP contribution < -0.4 is 5.32 Å². The third-order valence-corrected chi connectivity index (χ3v) is 1.32. The molecule has 1 heterocycles. The van der Waals surface area contributed by atoms with Gasteiger partial charge in [0.05, 0.1) is 18.1 Å². The van der Waals surface area contributed by atoms with Crippen LogP contribution in [0.1, 0.15) is 0 Å². The molecule has 0 atom stereocenters. The highest BCUT2D eigenvalue weighted by molar-refractivity contribution is 9.12. The van der Waals surface area contributed by atoms with Crippen molar-refractivity contribution >= 4 is 27.5 Å². The van der Waals surface area contributed by atoms with Crippen LogP contribution in [-0.4, -0.2) is 10.9 Å². The van der Waals surface area contributed by atoms with Gasteiger partial charge in [0.2, 0.25) is 0 Å². The Bertz CT molecular complexity index is 383. The zero-order chi connectivity index (χ0) is 9.68. The van der Waals surface area contributed by atoms with Gasteiger partial charge < -0.3 is 5.32 Å². The Morgan fingerprint density at radius 2 is 2.38 bits per heavy atom. The molecule has 1 aromatic heterocycles. The van der Waals surface area contributed by atoms with E-state index in [4.69, 9.17) is 0 Å². The number of halogens is 2. The molecule has 0 aliphatic rings. The van der Waals surface area contributed by atoms with Crippen molar-refractivity contribution in [3.8, 4) is 10.8 Å². The van der Waals surface area contributed by atoms with Crippen molar-refractivity contribution in [1.29, 1.82) is 0 Å². The van der Waals surface area contributed by atoms with Crippen LogP contribution in [-0.2, 0) is 4.79 Å². The van der Waals surface area contributed by atoms with E-state index in [1.54, 1.807) is 0 Å². The van der Waals surface area contributed by atoms with Crippen molar-refractivity contribution in [2.45, 2.75) is 0 Å². The second-order valence-electron chi connectivity index (χ2n) is 2.07. The molecule has 66 valence electrons. The topological polar surface area (TPSA) is 42.0 Å². The smallest absolute Gasteiger partial charge is 0.301 e. The Labute approximate surface area is 82.5 Å². The molecule has 0 fully saturated rings. The summed E-state index contributed by atoms with van der Waals surface area (Å²) < 4.78 is 12.5. The van der Waals surface area contributed by atoms with Crippen molar-refractivity contribution in [3.63, 3.8) is 0 Å². The van der Waals surface area contributed by atoms with Crippen molar-refractivity contribution < 1.29 is 9.18 Å². The minimum absolute atomic E-state index is 0.278. The number of carbonyl (C=O) groups excluding carboxylic acids is 1. The van der Waals surface area contributed by atoms with Gasteiger partial charge in [0.15, 0.2) is 0 Å². The van der Waals surface area contributed by atoms with Crippen LogP contribution in [0.3, 0.4) is 0 Å². The highest BCUT2D eigenvalue weighted by Gasteiger charge is 1.98. The number of hydrogen-bond donors (Lipinski definition) is 1. The first-order valence-electron chi connectivity index (χ1n) is 3.25. The van der Waals surface area contributed by atoms with E-state index < -0.39 is 11.7 Å². The maximum absolute atomic E-state index is 12.5. The molecule has 0 unspecified atom stereocenters. The van der Waals surface area contributed by atoms with Crippen LogP contribution in [0.25, 0.3) is 0 Å². The molecule has 1 aromatic rings. The minimum Gasteiger partial charge on any atom is -0.314 e. The predicted octanol–water partition coefficient (Wildman–Crippen LogP) is 1.51. The summed E-state index contributed by atoms with van der Waals surface area (Å²) in [5.74, 6) is 1.15. The molecule has 1 amide bonds. The minimum atomic E-state index is -0.524. The second-order valence-corrected chi connectivity index (χ2v) is 2.46. The molecule has 1 rings (SSSR count). The standard InChI is InChI=1S/C8H4BrFN2O/c9-2-1-8(13)12-7-3-6(10)4-11-5-7/h3-5H,(H,12,13). The lowest BCUT2D eigenvalue weighted by molar-refractivity contribution is -0.111. The summed E-state index contributed by atoms with van der Waals surface area (Å²) in [6.07, 6.45) is 2.38. The lowest BCUT2D eigenvalue weighted by Gasteiger charge is -1.98. The van der Waals surface area contributed by atoms with Crippen molar-refractivity contribution in [3.05, 3.63) is 24.3 Å². The Kier molecular flexibility index (Phi) is 3.41. The summed E-state index contributed by atoms with van der Waals surface area (Å²) in [4.78, 5) is 16.6. The maximum atomic E-state index is 12.5. The summed E-state index contributed by atoms with van der Waals surface area (Å²) in [6, 6.07) is 1.15. The monoisotopic (exact) mass is 242 g/mol. The Balaban J connectivity index is 2.73. The molecule has 0 saturated heterocycles. The number of pyridine rings is 1. The van der Waals surface area contributed by atoms with Crippen LogP contribution in [0.2, 0.25) is 0 Å². The lowest BCUT2D eigenvalue weighted by Crippen LogP contribution is -2.08. The van der Waals surface area contributed by atoms with E-state index in [-0.39, 0.29) is 5.69 Å². The summed E-state index contributed by atoms with van der Waals surface area (Å²) >= 11 is 2.77. The van der Waals surface area contributed by atoms with Crippen molar-refractivity contribution in [2.24, 2.45) is 0 Å². The van der Waals surface area contributed by atoms with Gasteiger partial charge in [-0.1, -0.05) is 0 Å². The van der Waals surface area contributed by atoms with E-state index in [1.165, 1.54) is 6.20 Å². The molecule has 0 spiro atoms. The predicted molar refractivity (Wildman–Crippen MR) is 49.5 cm³/mol. The van der Waals surface area contributed by atoms with Crippen LogP contribution in [0.4, 0.5) is 10.1 Å². The summed E-state index contributed by atoms with van der Waals surface area (Å²) in [5.41, 5.74) is 0.278. The summed E-state index contributed by atoms with van der Waals surface area (Å²) in [7, 11) is 0. The van der Waals surface area contributed by atoms with E-state index in [1.807, 2.05) is 0 Å². The number of anilines is 1. The van der Waals surface area contributed by atoms with Gasteiger partial charge in [0, 0.05) is 27.9 Å². The number of nitrogens with zero attached hydrogens (tertiary/aromatic N) is 1. The molecule has 0 saturated carbocycles. The van der Waals surface area contributed by atoms with Gasteiger partial charge in [0.1, 0.15) is 5.82 Å². The fourth-order valence-corrected chi connectivity index (χ4v) is 0.866. The molecule has 3 nitrogen and oxygen atoms in total. The second kappa shape index (κ2) is 4.58. The van der Waals surface area contributed by atoms with Crippen LogP contribution in [0.15, 0.2) is 18.5 Å². The number of nitrogens with one attached hydrogen (secondary N) is 1. The highest BCUT2D eigenvalue weighted by atomic mass is 79.9. The molecule has 0 radical (unpaired) electrons. The molecular formula is C8H4BrFN2O. The fourth-order valence-electron chi connectivity index (χ4n) is 0.685. The lowest BCUT2D eigenvalue weighted by atomic mass is 10.4. The Morgan fingerprint density at radius 1 is 1.62 bits per heavy atom. The first-order valence-corrected chi connectivity index (χ1v) is 4.05. The van der Waals surface area contributed by atoms with Gasteiger partial charge in [-0.2, -0.15) is 0 Å². The first-order chi connectivity index (χ1) is 6.22. The van der Waals surface area contributed by atoms with Gasteiger partial charge in [-0.05, 0) is 4.83 Å². The van der Waals surface area contributed by atoms with Crippen LogP contribution in [0, 0.1) is 16.6 Å². The largest absolute Gasteiger partial charge is 0.314 e. The first kappa shape index (κ1) is 9.68. The molecular weight excluding hydrogens is 239 g/mol. The van der Waals surface area contributed by atoms with E-state index >= 15 is 0 Å². The zero-order valence-electron chi connectivity index (χ0n) is 6.34. The normalized spacial score (nSPS) is 8.46. The van der Waals surface area contributed by atoms with Gasteiger partial charge in [-0.3, -0.25) is 9.78 Å². The summed E-state index contributed by atoms with van der Waals surface area (Å²) in [6.45, 7) is 0. The molecule has 0 aromatic carbocycles. The van der Waals surface area contributed by atoms with Gasteiger partial charge in [-0.15, -0.1) is 0 Å². The van der Waals surface area contributed by atoms with Gasteiger partial charge in [-0.25, -0.2) is 4.39 Å². The van der Waals surface area contributed by atoms with Gasteiger partial charge in [0.25, 0.3) is 0 Å². The summed E-state index contributed by atoms with van der Waals surface area (Å²) in [5, 5.41) is 2.34.